The monoisotopic (exact) mass is 476 g/mol. The van der Waals surface area contributed by atoms with Gasteiger partial charge in [0, 0.05) is 14.5 Å². The van der Waals surface area contributed by atoms with Gasteiger partial charge < -0.3 is 9.47 Å². The van der Waals surface area contributed by atoms with Crippen molar-refractivity contribution in [3.05, 3.63) is 54.9 Å². The molecule has 0 aliphatic carbocycles. The Kier molecular flexibility index (Phi) is 5.84. The summed E-state index contributed by atoms with van der Waals surface area (Å²) in [7, 11) is 1.54. The van der Waals surface area contributed by atoms with Gasteiger partial charge in [0.1, 0.15) is 6.61 Å². The van der Waals surface area contributed by atoms with Gasteiger partial charge in [-0.2, -0.15) is 0 Å². The van der Waals surface area contributed by atoms with E-state index >= 15 is 0 Å². The van der Waals surface area contributed by atoms with E-state index in [0.717, 1.165) is 16.3 Å². The summed E-state index contributed by atoms with van der Waals surface area (Å²) in [5.41, 5.74) is 1.52. The summed E-state index contributed by atoms with van der Waals surface area (Å²) < 4.78 is 13.4. The number of ether oxygens (including phenoxy) is 2. The van der Waals surface area contributed by atoms with Crippen molar-refractivity contribution in [1.82, 2.24) is 0 Å². The highest BCUT2D eigenvalue weighted by molar-refractivity contribution is 9.13. The minimum atomic E-state index is 0.390. The molecule has 21 heavy (non-hydrogen) atoms. The van der Waals surface area contributed by atoms with Crippen LogP contribution < -0.4 is 9.47 Å². The average molecular weight is 479 g/mol. The number of carbonyl (C=O) groups excluding carboxylic acids is 1. The first kappa shape index (κ1) is 16.5. The molecule has 2 aromatic rings. The van der Waals surface area contributed by atoms with Gasteiger partial charge in [-0.3, -0.25) is 4.79 Å². The van der Waals surface area contributed by atoms with E-state index in [1.54, 1.807) is 6.07 Å². The van der Waals surface area contributed by atoms with Crippen molar-refractivity contribution in [2.75, 3.05) is 7.11 Å². The molecule has 6 heteroatoms. The van der Waals surface area contributed by atoms with Gasteiger partial charge >= 0.3 is 0 Å². The second-order valence-corrected chi connectivity index (χ2v) is 6.66. The van der Waals surface area contributed by atoms with Gasteiger partial charge in [0.05, 0.1) is 11.6 Å². The largest absolute Gasteiger partial charge is 0.493 e. The first-order chi connectivity index (χ1) is 10.1. The molecule has 0 aliphatic heterocycles. The van der Waals surface area contributed by atoms with E-state index in [-0.39, 0.29) is 0 Å². The number of rotatable bonds is 5. The second-order valence-electron chi connectivity index (χ2n) is 4.16. The lowest BCUT2D eigenvalue weighted by Crippen LogP contribution is -2.00. The van der Waals surface area contributed by atoms with E-state index in [9.17, 15) is 4.79 Å². The van der Waals surface area contributed by atoms with Crippen LogP contribution in [-0.4, -0.2) is 13.4 Å². The average Bonchev–Trinajstić information content (AvgIpc) is 2.48. The Labute approximate surface area is 148 Å². The molecule has 110 valence electrons. The smallest absolute Gasteiger partial charge is 0.177 e. The minimum absolute atomic E-state index is 0.390. The molecule has 0 bridgehead atoms. The number of hydrogen-bond acceptors (Lipinski definition) is 3. The molecule has 2 aromatic carbocycles. The van der Waals surface area contributed by atoms with Crippen LogP contribution in [-0.2, 0) is 6.61 Å². The third kappa shape index (κ3) is 3.87. The number of carbonyl (C=O) groups is 1. The molecular weight excluding hydrogens is 468 g/mol. The lowest BCUT2D eigenvalue weighted by atomic mass is 10.2. The van der Waals surface area contributed by atoms with Crippen LogP contribution in [0.2, 0.25) is 0 Å². The van der Waals surface area contributed by atoms with Gasteiger partial charge in [-0.15, -0.1) is 0 Å². The van der Waals surface area contributed by atoms with Crippen molar-refractivity contribution in [2.45, 2.75) is 6.61 Å². The number of benzene rings is 2. The minimum Gasteiger partial charge on any atom is -0.493 e. The van der Waals surface area contributed by atoms with E-state index in [2.05, 4.69) is 47.8 Å². The molecule has 0 unspecified atom stereocenters. The van der Waals surface area contributed by atoms with Crippen molar-refractivity contribution in [2.24, 2.45) is 0 Å². The molecule has 0 aliphatic rings. The first-order valence-corrected chi connectivity index (χ1v) is 8.33. The zero-order valence-corrected chi connectivity index (χ0v) is 15.8. The quantitative estimate of drug-likeness (QED) is 0.542. The Bertz CT molecular complexity index is 671. The van der Waals surface area contributed by atoms with E-state index in [4.69, 9.17) is 9.47 Å². The number of aldehydes is 1. The lowest BCUT2D eigenvalue weighted by Gasteiger charge is -2.15. The third-order valence-electron chi connectivity index (χ3n) is 2.77. The molecular formula is C15H11Br3O3. The van der Waals surface area contributed by atoms with Crippen LogP contribution >= 0.6 is 47.8 Å². The van der Waals surface area contributed by atoms with Crippen LogP contribution in [0.5, 0.6) is 11.5 Å². The Morgan fingerprint density at radius 3 is 2.52 bits per heavy atom. The highest BCUT2D eigenvalue weighted by atomic mass is 79.9. The van der Waals surface area contributed by atoms with Gasteiger partial charge in [-0.1, -0.05) is 28.1 Å². The van der Waals surface area contributed by atoms with Crippen LogP contribution in [0.25, 0.3) is 0 Å². The van der Waals surface area contributed by atoms with Gasteiger partial charge in [-0.05, 0) is 55.6 Å². The van der Waals surface area contributed by atoms with Crippen LogP contribution in [0, 0.1) is 0 Å². The number of halogens is 3. The predicted molar refractivity (Wildman–Crippen MR) is 92.3 cm³/mol. The highest BCUT2D eigenvalue weighted by Gasteiger charge is 2.17. The maximum Gasteiger partial charge on any atom is 0.177 e. The normalized spacial score (nSPS) is 10.3. The summed E-state index contributed by atoms with van der Waals surface area (Å²) >= 11 is 10.2. The summed E-state index contributed by atoms with van der Waals surface area (Å²) in [5, 5.41) is 0. The Morgan fingerprint density at radius 2 is 1.90 bits per heavy atom. The van der Waals surface area contributed by atoms with Crippen molar-refractivity contribution in [3.63, 3.8) is 0 Å². The summed E-state index contributed by atoms with van der Waals surface area (Å²) in [6.45, 7) is 0.390. The van der Waals surface area contributed by atoms with E-state index < -0.39 is 0 Å². The fraction of sp³-hybridized carbons (Fsp3) is 0.133. The lowest BCUT2D eigenvalue weighted by molar-refractivity contribution is 0.112. The van der Waals surface area contributed by atoms with Gasteiger partial charge in [-0.25, -0.2) is 0 Å². The molecule has 2 rings (SSSR count). The molecule has 0 N–H and O–H groups in total. The Morgan fingerprint density at radius 1 is 1.14 bits per heavy atom. The van der Waals surface area contributed by atoms with Crippen LogP contribution in [0.1, 0.15) is 15.9 Å². The van der Waals surface area contributed by atoms with Crippen molar-refractivity contribution >= 4 is 54.1 Å². The van der Waals surface area contributed by atoms with Crippen LogP contribution in [0.3, 0.4) is 0 Å². The first-order valence-electron chi connectivity index (χ1n) is 5.95. The summed E-state index contributed by atoms with van der Waals surface area (Å²) in [5.74, 6) is 1.05. The van der Waals surface area contributed by atoms with Crippen LogP contribution in [0.4, 0.5) is 0 Å². The molecule has 0 fully saturated rings. The highest BCUT2D eigenvalue weighted by Crippen LogP contribution is 2.42. The zero-order chi connectivity index (χ0) is 15.4. The van der Waals surface area contributed by atoms with E-state index in [1.165, 1.54) is 7.11 Å². The van der Waals surface area contributed by atoms with Gasteiger partial charge in [0.25, 0.3) is 0 Å². The Balaban J connectivity index is 2.31. The molecule has 3 nitrogen and oxygen atoms in total. The third-order valence-corrected chi connectivity index (χ3v) is 5.41. The molecule has 0 saturated heterocycles. The SMILES string of the molecule is COc1cc(C=O)c(Br)c(Br)c1OCc1cccc(Br)c1. The Hall–Kier alpha value is -0.850. The van der Waals surface area contributed by atoms with E-state index in [0.29, 0.717) is 32.6 Å². The second kappa shape index (κ2) is 7.42. The zero-order valence-electron chi connectivity index (χ0n) is 11.0. The number of methoxy groups -OCH3 is 1. The van der Waals surface area contributed by atoms with Gasteiger partial charge in [0.15, 0.2) is 17.8 Å². The number of hydrogen-bond donors (Lipinski definition) is 0. The van der Waals surface area contributed by atoms with E-state index in [1.807, 2.05) is 24.3 Å². The summed E-state index contributed by atoms with van der Waals surface area (Å²) in [6.07, 6.45) is 0.759. The molecule has 0 aromatic heterocycles. The molecule has 0 spiro atoms. The fourth-order valence-electron chi connectivity index (χ4n) is 1.76. The summed E-state index contributed by atoms with van der Waals surface area (Å²) in [4.78, 5) is 11.0. The van der Waals surface area contributed by atoms with Crippen molar-refractivity contribution in [1.29, 1.82) is 0 Å². The van der Waals surface area contributed by atoms with Crippen molar-refractivity contribution in [3.8, 4) is 11.5 Å². The topological polar surface area (TPSA) is 35.5 Å². The molecule has 0 saturated carbocycles. The molecule has 0 heterocycles. The molecule has 0 amide bonds. The maximum atomic E-state index is 11.0. The molecule has 0 radical (unpaired) electrons. The van der Waals surface area contributed by atoms with Crippen molar-refractivity contribution < 1.29 is 14.3 Å². The predicted octanol–water partition coefficient (Wildman–Crippen LogP) is 5.37. The van der Waals surface area contributed by atoms with Gasteiger partial charge in [0.2, 0.25) is 0 Å². The maximum absolute atomic E-state index is 11.0. The fourth-order valence-corrected chi connectivity index (χ4v) is 3.13. The summed E-state index contributed by atoms with van der Waals surface area (Å²) in [6, 6.07) is 9.49. The van der Waals surface area contributed by atoms with Crippen LogP contribution in [0.15, 0.2) is 43.7 Å². The standard InChI is InChI=1S/C15H11Br3O3/c1-20-12-6-10(7-19)13(17)14(18)15(12)21-8-9-3-2-4-11(16)5-9/h2-7H,8H2,1H3. The molecule has 0 atom stereocenters.